The molecule has 3 fully saturated rings. The lowest BCUT2D eigenvalue weighted by Gasteiger charge is -2.46. The van der Waals surface area contributed by atoms with E-state index in [2.05, 4.69) is 0 Å². The van der Waals surface area contributed by atoms with Crippen LogP contribution >= 0.6 is 0 Å². The molecule has 3 aliphatic heterocycles. The summed E-state index contributed by atoms with van der Waals surface area (Å²) < 4.78 is 23.2. The van der Waals surface area contributed by atoms with Crippen molar-refractivity contribution in [1.82, 2.24) is 0 Å². The van der Waals surface area contributed by atoms with Crippen LogP contribution < -0.4 is 0 Å². The third-order valence-electron chi connectivity index (χ3n) is 5.84. The molecule has 9 heteroatoms. The van der Waals surface area contributed by atoms with Gasteiger partial charge in [0, 0.05) is 19.3 Å². The summed E-state index contributed by atoms with van der Waals surface area (Å²) >= 11 is 0. The van der Waals surface area contributed by atoms with E-state index in [4.69, 9.17) is 18.9 Å². The fourth-order valence-electron chi connectivity index (χ4n) is 4.16. The van der Waals surface area contributed by atoms with Crippen LogP contribution in [-0.4, -0.2) is 99.0 Å². The van der Waals surface area contributed by atoms with E-state index >= 15 is 0 Å². The van der Waals surface area contributed by atoms with Gasteiger partial charge in [-0.15, -0.1) is 0 Å². The molecule has 3 unspecified atom stereocenters. The molecule has 0 aromatic carbocycles. The summed E-state index contributed by atoms with van der Waals surface area (Å²) in [4.78, 5) is 0. The summed E-state index contributed by atoms with van der Waals surface area (Å²) in [6.07, 6.45) is -7.82. The lowest BCUT2D eigenvalue weighted by atomic mass is 9.89. The first-order chi connectivity index (χ1) is 12.7. The van der Waals surface area contributed by atoms with Crippen molar-refractivity contribution < 1.29 is 44.5 Å². The highest BCUT2D eigenvalue weighted by Gasteiger charge is 2.46. The van der Waals surface area contributed by atoms with Gasteiger partial charge >= 0.3 is 0 Å². The summed E-state index contributed by atoms with van der Waals surface area (Å²) in [5.41, 5.74) is 0. The largest absolute Gasteiger partial charge is 0.390 e. The van der Waals surface area contributed by atoms with Gasteiger partial charge in [-0.1, -0.05) is 0 Å². The predicted molar refractivity (Wildman–Crippen MR) is 91.8 cm³/mol. The van der Waals surface area contributed by atoms with Gasteiger partial charge in [-0.05, 0) is 20.8 Å². The van der Waals surface area contributed by atoms with Crippen LogP contribution in [0.5, 0.6) is 0 Å². The lowest BCUT2D eigenvalue weighted by Crippen LogP contribution is -2.58. The summed E-state index contributed by atoms with van der Waals surface area (Å²) in [6.45, 7) is 5.11. The monoisotopic (exact) mass is 392 g/mol. The first-order valence-electron chi connectivity index (χ1n) is 9.69. The average Bonchev–Trinajstić information content (AvgIpc) is 2.60. The maximum absolute atomic E-state index is 10.6. The third-order valence-corrected chi connectivity index (χ3v) is 5.84. The molecule has 12 atom stereocenters. The van der Waals surface area contributed by atoms with Gasteiger partial charge in [0.25, 0.3) is 0 Å². The molecule has 0 aromatic heterocycles. The van der Waals surface area contributed by atoms with Crippen LogP contribution in [0.4, 0.5) is 0 Å². The topological polar surface area (TPSA) is 138 Å². The Bertz CT molecular complexity index is 455. The van der Waals surface area contributed by atoms with E-state index in [0.29, 0.717) is 0 Å². The van der Waals surface area contributed by atoms with Crippen molar-refractivity contribution in [2.24, 2.45) is 0 Å². The number of aliphatic hydroxyl groups is 5. The van der Waals surface area contributed by atoms with Gasteiger partial charge in [0.1, 0.15) is 18.3 Å². The van der Waals surface area contributed by atoms with Crippen LogP contribution in [0.15, 0.2) is 0 Å². The highest BCUT2D eigenvalue weighted by atomic mass is 16.7. The zero-order valence-electron chi connectivity index (χ0n) is 15.9. The zero-order chi connectivity index (χ0) is 19.9. The average molecular weight is 392 g/mol. The molecular formula is C18H32O9. The van der Waals surface area contributed by atoms with Gasteiger partial charge in [0.05, 0.1) is 48.8 Å². The van der Waals surface area contributed by atoms with Crippen LogP contribution in [0.2, 0.25) is 0 Å². The Kier molecular flexibility index (Phi) is 6.77. The summed E-state index contributed by atoms with van der Waals surface area (Å²) in [5, 5.41) is 50.1. The molecule has 0 radical (unpaired) electrons. The van der Waals surface area contributed by atoms with Gasteiger partial charge < -0.3 is 44.5 Å². The smallest absolute Gasteiger partial charge is 0.161 e. The molecule has 5 N–H and O–H groups in total. The van der Waals surface area contributed by atoms with E-state index in [-0.39, 0.29) is 19.3 Å². The Morgan fingerprint density at radius 3 is 1.63 bits per heavy atom. The maximum atomic E-state index is 10.6. The second kappa shape index (κ2) is 8.56. The number of aliphatic hydroxyl groups excluding tert-OH is 5. The summed E-state index contributed by atoms with van der Waals surface area (Å²) in [7, 11) is 0. The molecule has 0 spiro atoms. The minimum Gasteiger partial charge on any atom is -0.390 e. The van der Waals surface area contributed by atoms with Crippen LogP contribution in [0, 0.1) is 0 Å². The molecule has 3 saturated heterocycles. The molecule has 0 aliphatic carbocycles. The molecule has 3 aliphatic rings. The molecular weight excluding hydrogens is 360 g/mol. The molecule has 0 aromatic rings. The van der Waals surface area contributed by atoms with Gasteiger partial charge in [-0.3, -0.25) is 0 Å². The fourth-order valence-corrected chi connectivity index (χ4v) is 4.16. The van der Waals surface area contributed by atoms with E-state index in [1.54, 1.807) is 20.8 Å². The fraction of sp³-hybridized carbons (Fsp3) is 1.00. The number of rotatable bonds is 3. The molecule has 0 bridgehead atoms. The normalized spacial score (nSPS) is 54.7. The van der Waals surface area contributed by atoms with E-state index in [1.165, 1.54) is 0 Å². The first kappa shape index (κ1) is 21.4. The molecule has 3 heterocycles. The Balaban J connectivity index is 1.57. The van der Waals surface area contributed by atoms with Crippen LogP contribution in [0.25, 0.3) is 0 Å². The second-order valence-electron chi connectivity index (χ2n) is 8.02. The molecule has 27 heavy (non-hydrogen) atoms. The van der Waals surface area contributed by atoms with E-state index < -0.39 is 73.4 Å². The SMILES string of the molecule is CC1O[C@H](O[C@@H]2C(C)O[C@H]([C@H]3C[C@@H](O)[C@H](O)C(C)O3)C[C@H]2O)C[C@@H](O)[C@@H]1O. The van der Waals surface area contributed by atoms with Crippen molar-refractivity contribution in [2.75, 3.05) is 0 Å². The predicted octanol–water partition coefficient (Wildman–Crippen LogP) is -1.33. The highest BCUT2D eigenvalue weighted by molar-refractivity contribution is 4.93. The Morgan fingerprint density at radius 1 is 0.630 bits per heavy atom. The number of hydrogen-bond acceptors (Lipinski definition) is 9. The zero-order valence-corrected chi connectivity index (χ0v) is 15.9. The quantitative estimate of drug-likeness (QED) is 0.395. The number of hydrogen-bond donors (Lipinski definition) is 5. The van der Waals surface area contributed by atoms with Crippen molar-refractivity contribution in [3.63, 3.8) is 0 Å². The standard InChI is InChI=1S/C18H32O9/c1-7-16(22)10(19)4-13(24-7)14-5-12(21)18(9(3)25-14)27-15-6-11(20)17(23)8(2)26-15/h7-23H,4-6H2,1-3H3/t7?,8?,9?,10-,11-,12-,13-,14+,15-,16-,17-,18-/m1/s1. The van der Waals surface area contributed by atoms with E-state index in [0.717, 1.165) is 0 Å². The van der Waals surface area contributed by atoms with Gasteiger partial charge in [0.15, 0.2) is 6.29 Å². The first-order valence-corrected chi connectivity index (χ1v) is 9.69. The van der Waals surface area contributed by atoms with E-state index in [9.17, 15) is 25.5 Å². The van der Waals surface area contributed by atoms with Gasteiger partial charge in [0.2, 0.25) is 0 Å². The Labute approximate surface area is 158 Å². The van der Waals surface area contributed by atoms with Crippen LogP contribution in [0.1, 0.15) is 40.0 Å². The Morgan fingerprint density at radius 2 is 1.11 bits per heavy atom. The van der Waals surface area contributed by atoms with Gasteiger partial charge in [-0.2, -0.15) is 0 Å². The van der Waals surface area contributed by atoms with E-state index in [1.807, 2.05) is 0 Å². The Hall–Kier alpha value is -0.360. The molecule has 0 amide bonds. The van der Waals surface area contributed by atoms with Gasteiger partial charge in [-0.25, -0.2) is 0 Å². The molecule has 9 nitrogen and oxygen atoms in total. The lowest BCUT2D eigenvalue weighted by molar-refractivity contribution is -0.301. The van der Waals surface area contributed by atoms with Crippen molar-refractivity contribution >= 4 is 0 Å². The summed E-state index contributed by atoms with van der Waals surface area (Å²) in [6, 6.07) is 0. The number of ether oxygens (including phenoxy) is 4. The minimum absolute atomic E-state index is 0.109. The van der Waals surface area contributed by atoms with Crippen molar-refractivity contribution in [1.29, 1.82) is 0 Å². The maximum Gasteiger partial charge on any atom is 0.161 e. The van der Waals surface area contributed by atoms with Crippen molar-refractivity contribution in [3.8, 4) is 0 Å². The van der Waals surface area contributed by atoms with Crippen LogP contribution in [0.3, 0.4) is 0 Å². The van der Waals surface area contributed by atoms with Crippen molar-refractivity contribution in [2.45, 2.75) is 113 Å². The van der Waals surface area contributed by atoms with Crippen LogP contribution in [-0.2, 0) is 18.9 Å². The third kappa shape index (κ3) is 4.63. The highest BCUT2D eigenvalue weighted by Crippen LogP contribution is 2.33. The molecule has 158 valence electrons. The second-order valence-corrected chi connectivity index (χ2v) is 8.02. The van der Waals surface area contributed by atoms with Crippen molar-refractivity contribution in [3.05, 3.63) is 0 Å². The molecule has 3 rings (SSSR count). The molecule has 0 saturated carbocycles. The summed E-state index contributed by atoms with van der Waals surface area (Å²) in [5.74, 6) is 0. The minimum atomic E-state index is -0.966.